The second-order valence-corrected chi connectivity index (χ2v) is 5.73. The highest BCUT2D eigenvalue weighted by Crippen LogP contribution is 2.22. The second-order valence-electron chi connectivity index (χ2n) is 5.73. The molecule has 3 rings (SSSR count). The van der Waals surface area contributed by atoms with Crippen LogP contribution < -0.4 is 9.64 Å². The second kappa shape index (κ2) is 6.83. The van der Waals surface area contributed by atoms with Crippen molar-refractivity contribution in [1.82, 2.24) is 14.7 Å². The first kappa shape index (κ1) is 14.9. The zero-order valence-electron chi connectivity index (χ0n) is 13.4. The van der Waals surface area contributed by atoms with Crippen LogP contribution in [0.3, 0.4) is 0 Å². The van der Waals surface area contributed by atoms with Crippen molar-refractivity contribution < 1.29 is 4.74 Å². The molecule has 0 radical (unpaired) electrons. The molecule has 2 aromatic rings. The van der Waals surface area contributed by atoms with Crippen LogP contribution in [-0.4, -0.2) is 54.5 Å². The quantitative estimate of drug-likeness (QED) is 0.846. The number of hydrogen-bond donors (Lipinski definition) is 0. The van der Waals surface area contributed by atoms with Crippen molar-refractivity contribution in [3.63, 3.8) is 0 Å². The lowest BCUT2D eigenvalue weighted by Crippen LogP contribution is -2.47. The van der Waals surface area contributed by atoms with Crippen molar-refractivity contribution in [1.29, 1.82) is 0 Å². The van der Waals surface area contributed by atoms with Gasteiger partial charge in [0.1, 0.15) is 5.75 Å². The van der Waals surface area contributed by atoms with Crippen molar-refractivity contribution in [2.45, 2.75) is 13.5 Å². The molecule has 5 heteroatoms. The normalized spacial score (nSPS) is 16.0. The number of methoxy groups -OCH3 is 1. The Balaban J connectivity index is 1.50. The minimum Gasteiger partial charge on any atom is -0.497 e. The van der Waals surface area contributed by atoms with E-state index < -0.39 is 0 Å². The molecule has 5 nitrogen and oxygen atoms in total. The van der Waals surface area contributed by atoms with Crippen molar-refractivity contribution in [3.05, 3.63) is 42.2 Å². The number of piperazine rings is 1. The molecule has 1 fully saturated rings. The van der Waals surface area contributed by atoms with Crippen LogP contribution in [0.25, 0.3) is 0 Å². The fourth-order valence-corrected chi connectivity index (χ4v) is 2.91. The van der Waals surface area contributed by atoms with Gasteiger partial charge < -0.3 is 9.64 Å². The third-order valence-corrected chi connectivity index (χ3v) is 4.35. The zero-order valence-corrected chi connectivity index (χ0v) is 13.4. The van der Waals surface area contributed by atoms with Gasteiger partial charge in [0.2, 0.25) is 0 Å². The highest BCUT2D eigenvalue weighted by molar-refractivity contribution is 5.51. The van der Waals surface area contributed by atoms with Crippen LogP contribution in [0, 0.1) is 6.92 Å². The standard InChI is InChI=1S/C17H24N4O/c1-15-6-7-18-21(15)13-10-19-8-11-20(12-9-19)16-4-3-5-17(14-16)22-2/h3-7,14H,8-13H2,1-2H3. The summed E-state index contributed by atoms with van der Waals surface area (Å²) in [4.78, 5) is 4.94. The summed E-state index contributed by atoms with van der Waals surface area (Å²) in [6.07, 6.45) is 1.87. The molecule has 22 heavy (non-hydrogen) atoms. The Bertz CT molecular complexity index is 602. The third kappa shape index (κ3) is 3.42. The number of benzene rings is 1. The van der Waals surface area contributed by atoms with Crippen molar-refractivity contribution in [2.75, 3.05) is 44.7 Å². The van der Waals surface area contributed by atoms with Crippen LogP contribution in [0.2, 0.25) is 0 Å². The number of nitrogens with zero attached hydrogens (tertiary/aromatic N) is 4. The van der Waals surface area contributed by atoms with E-state index in [-0.39, 0.29) is 0 Å². The van der Waals surface area contributed by atoms with Gasteiger partial charge in [-0.25, -0.2) is 0 Å². The smallest absolute Gasteiger partial charge is 0.120 e. The summed E-state index contributed by atoms with van der Waals surface area (Å²) in [5.41, 5.74) is 2.48. The summed E-state index contributed by atoms with van der Waals surface area (Å²) in [6.45, 7) is 8.45. The molecule has 0 amide bonds. The molecule has 0 spiro atoms. The SMILES string of the molecule is COc1cccc(N2CCN(CCn3nccc3C)CC2)c1. The molecule has 0 N–H and O–H groups in total. The summed E-state index contributed by atoms with van der Waals surface area (Å²) in [6, 6.07) is 10.4. The molecule has 1 aliphatic rings. The lowest BCUT2D eigenvalue weighted by Gasteiger charge is -2.36. The van der Waals surface area contributed by atoms with Crippen LogP contribution >= 0.6 is 0 Å². The Morgan fingerprint density at radius 3 is 2.59 bits per heavy atom. The van der Waals surface area contributed by atoms with Crippen LogP contribution in [0.1, 0.15) is 5.69 Å². The molecule has 0 atom stereocenters. The maximum absolute atomic E-state index is 5.31. The lowest BCUT2D eigenvalue weighted by atomic mass is 10.2. The van der Waals surface area contributed by atoms with E-state index >= 15 is 0 Å². The van der Waals surface area contributed by atoms with Gasteiger partial charge in [0.25, 0.3) is 0 Å². The number of rotatable bonds is 5. The molecular weight excluding hydrogens is 276 g/mol. The minimum absolute atomic E-state index is 0.925. The highest BCUT2D eigenvalue weighted by atomic mass is 16.5. The molecule has 1 aliphatic heterocycles. The topological polar surface area (TPSA) is 33.5 Å². The lowest BCUT2D eigenvalue weighted by molar-refractivity contribution is 0.243. The molecule has 1 aromatic heterocycles. The predicted octanol–water partition coefficient (Wildman–Crippen LogP) is 2.02. The molecule has 1 aromatic carbocycles. The van der Waals surface area contributed by atoms with Crippen LogP contribution in [0.5, 0.6) is 5.75 Å². The Kier molecular flexibility index (Phi) is 4.63. The maximum Gasteiger partial charge on any atom is 0.120 e. The van der Waals surface area contributed by atoms with E-state index in [1.165, 1.54) is 11.4 Å². The van der Waals surface area contributed by atoms with Crippen LogP contribution in [-0.2, 0) is 6.54 Å². The average Bonchev–Trinajstić information content (AvgIpc) is 2.98. The third-order valence-electron chi connectivity index (χ3n) is 4.35. The molecule has 118 valence electrons. The maximum atomic E-state index is 5.31. The molecule has 0 aliphatic carbocycles. The number of hydrogen-bond acceptors (Lipinski definition) is 4. The highest BCUT2D eigenvalue weighted by Gasteiger charge is 2.17. The molecule has 0 unspecified atom stereocenters. The van der Waals surface area contributed by atoms with Crippen LogP contribution in [0.15, 0.2) is 36.5 Å². The van der Waals surface area contributed by atoms with E-state index in [1.807, 2.05) is 12.3 Å². The van der Waals surface area contributed by atoms with Gasteiger partial charge in [-0.2, -0.15) is 5.10 Å². The number of aromatic nitrogens is 2. The van der Waals surface area contributed by atoms with Gasteiger partial charge in [0.15, 0.2) is 0 Å². The van der Waals surface area contributed by atoms with E-state index in [2.05, 4.69) is 50.8 Å². The first-order valence-electron chi connectivity index (χ1n) is 7.86. The van der Waals surface area contributed by atoms with E-state index in [9.17, 15) is 0 Å². The molecule has 2 heterocycles. The van der Waals surface area contributed by atoms with Gasteiger partial charge in [0, 0.05) is 56.4 Å². The van der Waals surface area contributed by atoms with Crippen molar-refractivity contribution >= 4 is 5.69 Å². The Labute approximate surface area is 132 Å². The molecule has 0 saturated carbocycles. The fraction of sp³-hybridized carbons (Fsp3) is 0.471. The molecule has 0 bridgehead atoms. The first-order valence-corrected chi connectivity index (χ1v) is 7.86. The number of ether oxygens (including phenoxy) is 1. The summed E-state index contributed by atoms with van der Waals surface area (Å²) >= 11 is 0. The number of anilines is 1. The predicted molar refractivity (Wildman–Crippen MR) is 88.6 cm³/mol. The van der Waals surface area contributed by atoms with Gasteiger partial charge in [-0.1, -0.05) is 6.07 Å². The largest absolute Gasteiger partial charge is 0.497 e. The monoisotopic (exact) mass is 300 g/mol. The first-order chi connectivity index (χ1) is 10.8. The van der Waals surface area contributed by atoms with Gasteiger partial charge in [0.05, 0.1) is 13.7 Å². The summed E-state index contributed by atoms with van der Waals surface area (Å²) < 4.78 is 7.39. The van der Waals surface area contributed by atoms with Gasteiger partial charge in [-0.05, 0) is 25.1 Å². The zero-order chi connectivity index (χ0) is 15.4. The Morgan fingerprint density at radius 1 is 1.09 bits per heavy atom. The van der Waals surface area contributed by atoms with Gasteiger partial charge in [-0.15, -0.1) is 0 Å². The molecular formula is C17H24N4O. The number of aryl methyl sites for hydroxylation is 1. The van der Waals surface area contributed by atoms with E-state index in [0.717, 1.165) is 45.0 Å². The fourth-order valence-electron chi connectivity index (χ4n) is 2.91. The van der Waals surface area contributed by atoms with Gasteiger partial charge >= 0.3 is 0 Å². The molecule has 1 saturated heterocycles. The van der Waals surface area contributed by atoms with Crippen LogP contribution in [0.4, 0.5) is 5.69 Å². The summed E-state index contributed by atoms with van der Waals surface area (Å²) in [5.74, 6) is 0.925. The Morgan fingerprint density at radius 2 is 1.91 bits per heavy atom. The Hall–Kier alpha value is -2.01. The summed E-state index contributed by atoms with van der Waals surface area (Å²) in [7, 11) is 1.72. The van der Waals surface area contributed by atoms with Crippen molar-refractivity contribution in [2.24, 2.45) is 0 Å². The summed E-state index contributed by atoms with van der Waals surface area (Å²) in [5, 5.41) is 4.35. The minimum atomic E-state index is 0.925. The van der Waals surface area contributed by atoms with E-state index in [1.54, 1.807) is 7.11 Å². The average molecular weight is 300 g/mol. The van der Waals surface area contributed by atoms with E-state index in [0.29, 0.717) is 0 Å². The van der Waals surface area contributed by atoms with E-state index in [4.69, 9.17) is 4.74 Å². The van der Waals surface area contributed by atoms with Crippen molar-refractivity contribution in [3.8, 4) is 5.75 Å². The van der Waals surface area contributed by atoms with Gasteiger partial charge in [-0.3, -0.25) is 9.58 Å².